The summed E-state index contributed by atoms with van der Waals surface area (Å²) in [5.74, 6) is 0.244. The number of hydrogen-bond donors (Lipinski definition) is 2. The molecule has 4 nitrogen and oxygen atoms in total. The number of aliphatic hydroxyl groups excluding tert-OH is 1. The molecule has 0 bridgehead atoms. The lowest BCUT2D eigenvalue weighted by Gasteiger charge is -2.40. The number of hydrogen-bond acceptors (Lipinski definition) is 3. The van der Waals surface area contributed by atoms with Crippen LogP contribution in [0.1, 0.15) is 45.4 Å². The van der Waals surface area contributed by atoms with E-state index in [9.17, 15) is 4.79 Å². The predicted molar refractivity (Wildman–Crippen MR) is 66.7 cm³/mol. The molecule has 2 fully saturated rings. The highest BCUT2D eigenvalue weighted by atomic mass is 16.3. The van der Waals surface area contributed by atoms with Gasteiger partial charge in [-0.15, -0.1) is 0 Å². The van der Waals surface area contributed by atoms with Crippen LogP contribution >= 0.6 is 0 Å². The van der Waals surface area contributed by atoms with Gasteiger partial charge in [-0.05, 0) is 52.0 Å². The number of carbonyl (C=O) groups excluding carboxylic acids is 1. The molecule has 2 aliphatic heterocycles. The Hall–Kier alpha value is -0.610. The molecule has 2 rings (SSSR count). The van der Waals surface area contributed by atoms with Crippen molar-refractivity contribution in [2.24, 2.45) is 0 Å². The van der Waals surface area contributed by atoms with Gasteiger partial charge >= 0.3 is 0 Å². The molecule has 2 heterocycles. The Morgan fingerprint density at radius 3 is 2.94 bits per heavy atom. The summed E-state index contributed by atoms with van der Waals surface area (Å²) in [5.41, 5.74) is -0.356. The Morgan fingerprint density at radius 2 is 2.29 bits per heavy atom. The topological polar surface area (TPSA) is 52.6 Å². The van der Waals surface area contributed by atoms with Crippen molar-refractivity contribution in [3.8, 4) is 0 Å². The van der Waals surface area contributed by atoms with Crippen molar-refractivity contribution in [1.82, 2.24) is 10.2 Å². The van der Waals surface area contributed by atoms with Crippen LogP contribution in [0, 0.1) is 0 Å². The molecule has 0 aromatic heterocycles. The maximum absolute atomic E-state index is 12.6. The lowest BCUT2D eigenvalue weighted by Crippen LogP contribution is -2.57. The molecule has 0 saturated carbocycles. The first kappa shape index (κ1) is 12.8. The molecule has 1 amide bonds. The van der Waals surface area contributed by atoms with E-state index in [1.807, 2.05) is 11.8 Å². The molecule has 2 saturated heterocycles. The number of nitrogens with one attached hydrogen (secondary N) is 1. The zero-order valence-corrected chi connectivity index (χ0v) is 10.7. The first-order valence-corrected chi connectivity index (χ1v) is 6.84. The number of carbonyl (C=O) groups is 1. The van der Waals surface area contributed by atoms with Gasteiger partial charge in [0.1, 0.15) is 0 Å². The molecule has 17 heavy (non-hydrogen) atoms. The van der Waals surface area contributed by atoms with Crippen LogP contribution in [0.4, 0.5) is 0 Å². The average molecular weight is 240 g/mol. The van der Waals surface area contributed by atoms with Crippen molar-refractivity contribution in [2.45, 2.75) is 57.0 Å². The summed E-state index contributed by atoms with van der Waals surface area (Å²) >= 11 is 0. The molecule has 2 aliphatic rings. The number of rotatable bonds is 3. The minimum Gasteiger partial charge on any atom is -0.396 e. The number of nitrogens with zero attached hydrogens (tertiary/aromatic N) is 1. The lowest BCUT2D eigenvalue weighted by molar-refractivity contribution is -0.141. The van der Waals surface area contributed by atoms with Crippen LogP contribution in [0.3, 0.4) is 0 Å². The first-order chi connectivity index (χ1) is 8.17. The van der Waals surface area contributed by atoms with Gasteiger partial charge < -0.3 is 15.3 Å². The Kier molecular flexibility index (Phi) is 4.05. The van der Waals surface area contributed by atoms with Crippen LogP contribution in [0.5, 0.6) is 0 Å². The molecule has 0 aromatic rings. The molecule has 2 N–H and O–H groups in total. The van der Waals surface area contributed by atoms with Crippen molar-refractivity contribution in [3.05, 3.63) is 0 Å². The Bertz CT molecular complexity index is 273. The van der Waals surface area contributed by atoms with Gasteiger partial charge in [0.05, 0.1) is 5.54 Å². The Balaban J connectivity index is 2.05. The standard InChI is InChI=1S/C13H24N2O2/c1-13(7-4-8-14-13)12(17)15-9-3-2-5-11(15)6-10-16/h11,14,16H,2-10H2,1H3. The summed E-state index contributed by atoms with van der Waals surface area (Å²) < 4.78 is 0. The van der Waals surface area contributed by atoms with E-state index in [1.54, 1.807) is 0 Å². The van der Waals surface area contributed by atoms with Crippen molar-refractivity contribution < 1.29 is 9.90 Å². The van der Waals surface area contributed by atoms with E-state index in [4.69, 9.17) is 5.11 Å². The summed E-state index contributed by atoms with van der Waals surface area (Å²) in [6.07, 6.45) is 6.07. The van der Waals surface area contributed by atoms with E-state index in [-0.39, 0.29) is 24.1 Å². The third-order valence-corrected chi connectivity index (χ3v) is 4.19. The second kappa shape index (κ2) is 5.36. The van der Waals surface area contributed by atoms with Crippen LogP contribution in [-0.4, -0.2) is 47.2 Å². The van der Waals surface area contributed by atoms with E-state index in [0.717, 1.165) is 45.2 Å². The zero-order chi connectivity index (χ0) is 12.3. The smallest absolute Gasteiger partial charge is 0.242 e. The minimum absolute atomic E-state index is 0.179. The normalized spacial score (nSPS) is 34.0. The van der Waals surface area contributed by atoms with Crippen molar-refractivity contribution in [2.75, 3.05) is 19.7 Å². The van der Waals surface area contributed by atoms with E-state index in [0.29, 0.717) is 0 Å². The maximum Gasteiger partial charge on any atom is 0.242 e. The highest BCUT2D eigenvalue weighted by molar-refractivity contribution is 5.86. The van der Waals surface area contributed by atoms with Gasteiger partial charge in [-0.2, -0.15) is 0 Å². The van der Waals surface area contributed by atoms with Gasteiger partial charge in [-0.3, -0.25) is 4.79 Å². The number of amides is 1. The third kappa shape index (κ3) is 2.63. The first-order valence-electron chi connectivity index (χ1n) is 6.84. The van der Waals surface area contributed by atoms with Gasteiger partial charge in [0, 0.05) is 19.2 Å². The third-order valence-electron chi connectivity index (χ3n) is 4.19. The molecule has 98 valence electrons. The minimum atomic E-state index is -0.356. The molecule has 0 spiro atoms. The fourth-order valence-corrected chi connectivity index (χ4v) is 3.11. The van der Waals surface area contributed by atoms with Gasteiger partial charge in [-0.25, -0.2) is 0 Å². The number of aliphatic hydroxyl groups is 1. The molecule has 0 radical (unpaired) electrons. The molecular weight excluding hydrogens is 216 g/mol. The monoisotopic (exact) mass is 240 g/mol. The molecule has 0 aliphatic carbocycles. The summed E-state index contributed by atoms with van der Waals surface area (Å²) in [6, 6.07) is 0.250. The fraction of sp³-hybridized carbons (Fsp3) is 0.923. The second-order valence-corrected chi connectivity index (χ2v) is 5.52. The van der Waals surface area contributed by atoms with Crippen LogP contribution in [0.2, 0.25) is 0 Å². The number of likely N-dealkylation sites (tertiary alicyclic amines) is 1. The van der Waals surface area contributed by atoms with Crippen molar-refractivity contribution in [3.63, 3.8) is 0 Å². The van der Waals surface area contributed by atoms with Crippen molar-refractivity contribution in [1.29, 1.82) is 0 Å². The SMILES string of the molecule is CC1(C(=O)N2CCCCC2CCO)CCCN1. The largest absolute Gasteiger partial charge is 0.396 e. The predicted octanol–water partition coefficient (Wildman–Crippen LogP) is 0.892. The fourth-order valence-electron chi connectivity index (χ4n) is 3.11. The lowest BCUT2D eigenvalue weighted by atomic mass is 9.93. The van der Waals surface area contributed by atoms with E-state index >= 15 is 0 Å². The molecular formula is C13H24N2O2. The van der Waals surface area contributed by atoms with E-state index in [2.05, 4.69) is 5.32 Å². The van der Waals surface area contributed by atoms with Crippen LogP contribution in [-0.2, 0) is 4.79 Å². The van der Waals surface area contributed by atoms with Crippen LogP contribution in [0.15, 0.2) is 0 Å². The highest BCUT2D eigenvalue weighted by Gasteiger charge is 2.41. The van der Waals surface area contributed by atoms with Gasteiger partial charge in [0.2, 0.25) is 5.91 Å². The maximum atomic E-state index is 12.6. The van der Waals surface area contributed by atoms with Gasteiger partial charge in [-0.1, -0.05) is 0 Å². The summed E-state index contributed by atoms with van der Waals surface area (Å²) in [4.78, 5) is 14.6. The Morgan fingerprint density at radius 1 is 1.47 bits per heavy atom. The van der Waals surface area contributed by atoms with E-state index in [1.165, 1.54) is 6.42 Å². The number of piperidine rings is 1. The van der Waals surface area contributed by atoms with Crippen molar-refractivity contribution >= 4 is 5.91 Å². The molecule has 4 heteroatoms. The van der Waals surface area contributed by atoms with Gasteiger partial charge in [0.15, 0.2) is 0 Å². The quantitative estimate of drug-likeness (QED) is 0.770. The van der Waals surface area contributed by atoms with Crippen LogP contribution in [0.25, 0.3) is 0 Å². The molecule has 2 atom stereocenters. The summed E-state index contributed by atoms with van der Waals surface area (Å²) in [5, 5.41) is 12.4. The summed E-state index contributed by atoms with van der Waals surface area (Å²) in [6.45, 7) is 4.01. The molecule has 0 aromatic carbocycles. The molecule has 2 unspecified atom stereocenters. The average Bonchev–Trinajstić information content (AvgIpc) is 2.78. The highest BCUT2D eigenvalue weighted by Crippen LogP contribution is 2.27. The van der Waals surface area contributed by atoms with Crippen LogP contribution < -0.4 is 5.32 Å². The zero-order valence-electron chi connectivity index (χ0n) is 10.7. The Labute approximate surface area is 103 Å². The summed E-state index contributed by atoms with van der Waals surface area (Å²) in [7, 11) is 0. The van der Waals surface area contributed by atoms with E-state index < -0.39 is 0 Å². The second-order valence-electron chi connectivity index (χ2n) is 5.52. The van der Waals surface area contributed by atoms with Gasteiger partial charge in [0.25, 0.3) is 0 Å².